The van der Waals surface area contributed by atoms with Gasteiger partial charge in [-0.3, -0.25) is 13.9 Å². The average molecular weight is 687 g/mol. The van der Waals surface area contributed by atoms with Gasteiger partial charge in [0, 0.05) is 29.1 Å². The fraction of sp³-hybridized carbons (Fsp3) is 0.235. The van der Waals surface area contributed by atoms with Crippen LogP contribution in [0.3, 0.4) is 0 Å². The largest absolute Gasteiger partial charge is 0.352 e. The van der Waals surface area contributed by atoms with Crippen molar-refractivity contribution in [1.82, 2.24) is 10.2 Å². The molecular formula is C34H34Cl3N3O4S. The van der Waals surface area contributed by atoms with E-state index in [-0.39, 0.29) is 40.5 Å². The molecule has 236 valence electrons. The van der Waals surface area contributed by atoms with Crippen LogP contribution in [-0.2, 0) is 32.6 Å². The second kappa shape index (κ2) is 15.6. The summed E-state index contributed by atoms with van der Waals surface area (Å²) in [6.45, 7) is 3.20. The molecule has 0 heterocycles. The van der Waals surface area contributed by atoms with Gasteiger partial charge in [0.15, 0.2) is 0 Å². The van der Waals surface area contributed by atoms with Gasteiger partial charge in [0.2, 0.25) is 11.8 Å². The van der Waals surface area contributed by atoms with Gasteiger partial charge in [-0.15, -0.1) is 0 Å². The number of hydrogen-bond donors (Lipinski definition) is 1. The Bertz CT molecular complexity index is 1720. The number of amides is 2. The predicted molar refractivity (Wildman–Crippen MR) is 181 cm³/mol. The Morgan fingerprint density at radius 1 is 0.800 bits per heavy atom. The van der Waals surface area contributed by atoms with E-state index in [1.54, 1.807) is 42.5 Å². The third-order valence-electron chi connectivity index (χ3n) is 7.30. The van der Waals surface area contributed by atoms with Gasteiger partial charge in [0.1, 0.15) is 12.6 Å². The molecule has 0 saturated heterocycles. The number of hydrogen-bond acceptors (Lipinski definition) is 4. The van der Waals surface area contributed by atoms with Crippen molar-refractivity contribution in [1.29, 1.82) is 0 Å². The number of nitrogens with zero attached hydrogens (tertiary/aromatic N) is 2. The van der Waals surface area contributed by atoms with Gasteiger partial charge in [-0.05, 0) is 66.9 Å². The van der Waals surface area contributed by atoms with Crippen LogP contribution in [0.15, 0.2) is 108 Å². The van der Waals surface area contributed by atoms with E-state index < -0.39 is 28.5 Å². The zero-order valence-electron chi connectivity index (χ0n) is 24.9. The van der Waals surface area contributed by atoms with Crippen molar-refractivity contribution in [2.75, 3.05) is 10.8 Å². The number of carbonyl (C=O) groups is 2. The summed E-state index contributed by atoms with van der Waals surface area (Å²) >= 11 is 19.0. The van der Waals surface area contributed by atoms with Crippen LogP contribution in [0.4, 0.5) is 5.69 Å². The molecule has 7 nitrogen and oxygen atoms in total. The van der Waals surface area contributed by atoms with Crippen molar-refractivity contribution in [3.8, 4) is 0 Å². The summed E-state index contributed by atoms with van der Waals surface area (Å²) in [6.07, 6.45) is 0.882. The Morgan fingerprint density at radius 3 is 2.04 bits per heavy atom. The van der Waals surface area contributed by atoms with Crippen molar-refractivity contribution in [2.24, 2.45) is 0 Å². The highest BCUT2D eigenvalue weighted by Crippen LogP contribution is 2.33. The Labute approximate surface area is 279 Å². The zero-order chi connectivity index (χ0) is 32.6. The Morgan fingerprint density at radius 2 is 1.42 bits per heavy atom. The van der Waals surface area contributed by atoms with Crippen LogP contribution in [0.25, 0.3) is 0 Å². The lowest BCUT2D eigenvalue weighted by Gasteiger charge is -2.34. The van der Waals surface area contributed by atoms with E-state index in [0.717, 1.165) is 9.87 Å². The summed E-state index contributed by atoms with van der Waals surface area (Å²) in [4.78, 5) is 29.8. The maximum atomic E-state index is 14.5. The lowest BCUT2D eigenvalue weighted by atomic mass is 10.0. The molecule has 11 heteroatoms. The Balaban J connectivity index is 1.83. The van der Waals surface area contributed by atoms with E-state index in [1.165, 1.54) is 35.2 Å². The van der Waals surface area contributed by atoms with Crippen LogP contribution < -0.4 is 9.62 Å². The molecular weight excluding hydrogens is 653 g/mol. The van der Waals surface area contributed by atoms with Crippen LogP contribution in [0, 0.1) is 0 Å². The number of sulfonamides is 1. The molecule has 0 aliphatic heterocycles. The van der Waals surface area contributed by atoms with E-state index in [2.05, 4.69) is 5.32 Å². The van der Waals surface area contributed by atoms with E-state index in [4.69, 9.17) is 34.8 Å². The van der Waals surface area contributed by atoms with E-state index >= 15 is 0 Å². The molecule has 0 radical (unpaired) electrons. The highest BCUT2D eigenvalue weighted by molar-refractivity contribution is 7.92. The molecule has 4 rings (SSSR count). The van der Waals surface area contributed by atoms with Gasteiger partial charge >= 0.3 is 0 Å². The normalized spacial score (nSPS) is 12.6. The predicted octanol–water partition coefficient (Wildman–Crippen LogP) is 7.40. The average Bonchev–Trinajstić information content (AvgIpc) is 3.02. The number of nitrogens with one attached hydrogen (secondary N) is 1. The van der Waals surface area contributed by atoms with Crippen molar-refractivity contribution in [3.05, 3.63) is 129 Å². The van der Waals surface area contributed by atoms with Gasteiger partial charge in [-0.2, -0.15) is 0 Å². The Hall–Kier alpha value is -3.56. The third kappa shape index (κ3) is 9.01. The number of rotatable bonds is 13. The summed E-state index contributed by atoms with van der Waals surface area (Å²) in [6, 6.07) is 27.3. The molecule has 0 unspecified atom stereocenters. The third-order valence-corrected chi connectivity index (χ3v) is 9.85. The maximum absolute atomic E-state index is 14.5. The molecule has 0 aliphatic rings. The van der Waals surface area contributed by atoms with Crippen LogP contribution in [0.5, 0.6) is 0 Å². The van der Waals surface area contributed by atoms with Gasteiger partial charge in [0.25, 0.3) is 10.0 Å². The quantitative estimate of drug-likeness (QED) is 0.159. The first-order chi connectivity index (χ1) is 21.5. The Kier molecular flexibility index (Phi) is 11.9. The lowest BCUT2D eigenvalue weighted by Crippen LogP contribution is -2.54. The van der Waals surface area contributed by atoms with Gasteiger partial charge < -0.3 is 10.2 Å². The topological polar surface area (TPSA) is 86.8 Å². The molecule has 4 aromatic carbocycles. The molecule has 2 amide bonds. The van der Waals surface area contributed by atoms with Gasteiger partial charge in [0.05, 0.1) is 15.6 Å². The molecule has 0 spiro atoms. The smallest absolute Gasteiger partial charge is 0.264 e. The van der Waals surface area contributed by atoms with Crippen molar-refractivity contribution >= 4 is 62.3 Å². The second-order valence-corrected chi connectivity index (χ2v) is 13.7. The first-order valence-electron chi connectivity index (χ1n) is 14.4. The van der Waals surface area contributed by atoms with Crippen LogP contribution in [-0.4, -0.2) is 43.8 Å². The fourth-order valence-corrected chi connectivity index (χ4v) is 6.97. The zero-order valence-corrected chi connectivity index (χ0v) is 28.0. The molecule has 0 aromatic heterocycles. The minimum Gasteiger partial charge on any atom is -0.352 e. The number of anilines is 1. The van der Waals surface area contributed by atoms with Crippen molar-refractivity contribution in [2.45, 2.75) is 50.2 Å². The molecule has 0 bridgehead atoms. The van der Waals surface area contributed by atoms with E-state index in [9.17, 15) is 18.0 Å². The first-order valence-corrected chi connectivity index (χ1v) is 17.0. The second-order valence-electron chi connectivity index (χ2n) is 10.6. The first kappa shape index (κ1) is 34.3. The fourth-order valence-electron chi connectivity index (χ4n) is 4.74. The van der Waals surface area contributed by atoms with Gasteiger partial charge in [-0.25, -0.2) is 8.42 Å². The molecule has 4 aromatic rings. The standard InChI is InChI=1S/C34H34Cl3N3O4S/c1-3-24(2)38-34(42)32(20-25-11-6-4-7-12-25)39(22-26-13-10-14-27(35)19-26)33(41)23-40(31-18-17-28(36)21-30(31)37)45(43,44)29-15-8-5-9-16-29/h4-19,21,24,32H,3,20,22-23H2,1-2H3,(H,38,42)/t24-,32-/m1/s1. The maximum Gasteiger partial charge on any atom is 0.264 e. The van der Waals surface area contributed by atoms with Crippen LogP contribution in [0.2, 0.25) is 15.1 Å². The van der Waals surface area contributed by atoms with Crippen LogP contribution in [0.1, 0.15) is 31.4 Å². The summed E-state index contributed by atoms with van der Waals surface area (Å²) < 4.78 is 29.1. The minimum absolute atomic E-state index is 0.00159. The molecule has 0 aliphatic carbocycles. The number of carbonyl (C=O) groups excluding carboxylic acids is 2. The lowest BCUT2D eigenvalue weighted by molar-refractivity contribution is -0.140. The number of benzene rings is 4. The summed E-state index contributed by atoms with van der Waals surface area (Å²) in [7, 11) is -4.29. The monoisotopic (exact) mass is 685 g/mol. The summed E-state index contributed by atoms with van der Waals surface area (Å²) in [5.41, 5.74) is 1.58. The molecule has 2 atom stereocenters. The van der Waals surface area contributed by atoms with Crippen LogP contribution >= 0.6 is 34.8 Å². The minimum atomic E-state index is -4.29. The van der Waals surface area contributed by atoms with Gasteiger partial charge in [-0.1, -0.05) is 102 Å². The summed E-state index contributed by atoms with van der Waals surface area (Å²) in [5, 5.41) is 3.83. The molecule has 1 N–H and O–H groups in total. The molecule has 0 saturated carbocycles. The highest BCUT2D eigenvalue weighted by Gasteiger charge is 2.35. The van der Waals surface area contributed by atoms with Crippen molar-refractivity contribution in [3.63, 3.8) is 0 Å². The SMILES string of the molecule is CC[C@@H](C)NC(=O)[C@@H](Cc1ccccc1)N(Cc1cccc(Cl)c1)C(=O)CN(c1ccc(Cl)cc1Cl)S(=O)(=O)c1ccccc1. The molecule has 45 heavy (non-hydrogen) atoms. The summed E-state index contributed by atoms with van der Waals surface area (Å²) in [5.74, 6) is -0.966. The van der Waals surface area contributed by atoms with Crippen molar-refractivity contribution < 1.29 is 18.0 Å². The van der Waals surface area contributed by atoms with E-state index in [0.29, 0.717) is 22.0 Å². The van der Waals surface area contributed by atoms with E-state index in [1.807, 2.05) is 44.2 Å². The molecule has 0 fully saturated rings. The number of halogens is 3. The highest BCUT2D eigenvalue weighted by atomic mass is 35.5.